The minimum Gasteiger partial charge on any atom is -1.00 e. The van der Waals surface area contributed by atoms with Gasteiger partial charge in [0.15, 0.2) is 0 Å². The van der Waals surface area contributed by atoms with Crippen molar-refractivity contribution in [3.63, 3.8) is 0 Å². The number of fused-ring (bicyclic) bond motifs is 1. The van der Waals surface area contributed by atoms with Crippen LogP contribution < -0.4 is 24.8 Å². The second kappa shape index (κ2) is 18.8. The van der Waals surface area contributed by atoms with Gasteiger partial charge in [-0.05, 0) is 6.42 Å². The maximum absolute atomic E-state index is 9.48. The standard InChI is InChI=1S/C9H7.C3H7NO.C2H6Si.2ClH.Ti/c1-2-5-9-7-3-6-8(9)4-1;1-2-3(4)5;1-3-2;;;/h1-7H;2H2,1H3,(H2,4,5);1-2H3;2*1H;/q-1;;;;;+4/p-3. The van der Waals surface area contributed by atoms with Crippen LogP contribution in [0.15, 0.2) is 42.5 Å². The van der Waals surface area contributed by atoms with Gasteiger partial charge in [-0.25, -0.2) is 0 Å². The molecule has 0 aliphatic carbocycles. The number of benzene rings is 1. The summed E-state index contributed by atoms with van der Waals surface area (Å²) in [7, 11) is 1.08. The maximum atomic E-state index is 9.48. The molecule has 0 aromatic heterocycles. The van der Waals surface area contributed by atoms with Crippen molar-refractivity contribution in [1.29, 1.82) is 0 Å². The number of halogens is 2. The molecular formula is C14H19Cl2NOSiTi. The molecule has 0 saturated heterocycles. The fourth-order valence-electron chi connectivity index (χ4n) is 1.07. The molecule has 20 heavy (non-hydrogen) atoms. The fourth-order valence-corrected chi connectivity index (χ4v) is 1.07. The molecule has 2 aromatic carbocycles. The summed E-state index contributed by atoms with van der Waals surface area (Å²) in [5.41, 5.74) is 6.19. The van der Waals surface area contributed by atoms with Crippen molar-refractivity contribution in [2.24, 2.45) is 0 Å². The Morgan fingerprint density at radius 2 is 1.65 bits per heavy atom. The smallest absolute Gasteiger partial charge is 1.00 e. The van der Waals surface area contributed by atoms with E-state index >= 15 is 0 Å². The van der Waals surface area contributed by atoms with E-state index in [1.54, 1.807) is 6.92 Å². The first-order valence-corrected chi connectivity index (χ1v) is 7.59. The zero-order chi connectivity index (χ0) is 13.1. The van der Waals surface area contributed by atoms with Crippen molar-refractivity contribution >= 4 is 26.2 Å². The molecule has 2 rings (SSSR count). The van der Waals surface area contributed by atoms with Crippen LogP contribution in [0.3, 0.4) is 0 Å². The third-order valence-corrected chi connectivity index (χ3v) is 1.87. The van der Waals surface area contributed by atoms with Crippen LogP contribution in [0.25, 0.3) is 16.5 Å². The molecule has 0 unspecified atom stereocenters. The Labute approximate surface area is 151 Å². The average molecular weight is 364 g/mol. The number of carbonyl (C=O) groups is 1. The van der Waals surface area contributed by atoms with Gasteiger partial charge >= 0.3 is 21.7 Å². The van der Waals surface area contributed by atoms with Crippen molar-refractivity contribution in [1.82, 2.24) is 0 Å². The van der Waals surface area contributed by atoms with Crippen LogP contribution in [0.4, 0.5) is 0 Å². The summed E-state index contributed by atoms with van der Waals surface area (Å²) in [5, 5.41) is 2.66. The molecule has 0 saturated carbocycles. The predicted molar refractivity (Wildman–Crippen MR) is 76.6 cm³/mol. The van der Waals surface area contributed by atoms with E-state index in [9.17, 15) is 4.79 Å². The largest absolute Gasteiger partial charge is 4.00 e. The van der Waals surface area contributed by atoms with Crippen molar-refractivity contribution in [3.05, 3.63) is 48.2 Å². The Balaban J connectivity index is -0.000000103. The quantitative estimate of drug-likeness (QED) is 0.441. The first kappa shape index (κ1) is 28.0. The number of hydrogen-bond donors (Lipinski definition) is 0. The number of amides is 1. The summed E-state index contributed by atoms with van der Waals surface area (Å²) >= 11 is 0. The topological polar surface area (TPSA) is 40.9 Å². The first-order chi connectivity index (χ1) is 8.15. The summed E-state index contributed by atoms with van der Waals surface area (Å²) in [6, 6.07) is 14.7. The predicted octanol–water partition coefficient (Wildman–Crippen LogP) is -1.67. The summed E-state index contributed by atoms with van der Waals surface area (Å²) in [6.07, 6.45) is 0.333. The molecule has 1 amide bonds. The van der Waals surface area contributed by atoms with Gasteiger partial charge in [-0.1, -0.05) is 26.1 Å². The molecule has 108 valence electrons. The number of rotatable bonds is 1. The van der Waals surface area contributed by atoms with Gasteiger partial charge < -0.3 is 35.3 Å². The molecule has 6 heteroatoms. The normalized spacial score (nSPS) is 7.35. The van der Waals surface area contributed by atoms with Crippen molar-refractivity contribution in [3.8, 4) is 0 Å². The Morgan fingerprint density at radius 1 is 1.20 bits per heavy atom. The van der Waals surface area contributed by atoms with Gasteiger partial charge in [-0.2, -0.15) is 17.5 Å². The molecule has 0 aliphatic rings. The van der Waals surface area contributed by atoms with Gasteiger partial charge in [0.1, 0.15) is 0 Å². The number of hydrogen-bond acceptors (Lipinski definition) is 1. The Bertz CT molecular complexity index is 408. The van der Waals surface area contributed by atoms with Crippen LogP contribution in [-0.4, -0.2) is 15.4 Å². The average Bonchev–Trinajstić information content (AvgIpc) is 2.78. The molecule has 0 atom stereocenters. The van der Waals surface area contributed by atoms with E-state index in [1.165, 1.54) is 10.8 Å². The zero-order valence-corrected chi connectivity index (χ0v) is 16.0. The van der Waals surface area contributed by atoms with Crippen LogP contribution in [0.1, 0.15) is 13.3 Å². The van der Waals surface area contributed by atoms with E-state index in [4.69, 9.17) is 5.73 Å². The monoisotopic (exact) mass is 363 g/mol. The summed E-state index contributed by atoms with van der Waals surface area (Å²) < 4.78 is 0. The summed E-state index contributed by atoms with van der Waals surface area (Å²) in [4.78, 5) is 9.48. The molecule has 0 heterocycles. The minimum absolute atomic E-state index is 0. The van der Waals surface area contributed by atoms with Gasteiger partial charge in [-0.15, -0.1) is 29.7 Å². The van der Waals surface area contributed by atoms with Crippen LogP contribution >= 0.6 is 0 Å². The molecule has 0 fully saturated rings. The molecule has 1 N–H and O–H groups in total. The van der Waals surface area contributed by atoms with Crippen molar-refractivity contribution in [2.75, 3.05) is 0 Å². The maximum Gasteiger partial charge on any atom is 4.00 e. The van der Waals surface area contributed by atoms with Crippen LogP contribution in [-0.2, 0) is 26.5 Å². The van der Waals surface area contributed by atoms with Crippen LogP contribution in [0.2, 0.25) is 13.1 Å². The Morgan fingerprint density at radius 3 is 2.05 bits per heavy atom. The van der Waals surface area contributed by atoms with Gasteiger partial charge in [0.05, 0.1) is 0 Å². The molecule has 0 bridgehead atoms. The van der Waals surface area contributed by atoms with E-state index in [-0.39, 0.29) is 46.5 Å². The van der Waals surface area contributed by atoms with Crippen LogP contribution in [0, 0.1) is 0 Å². The van der Waals surface area contributed by atoms with E-state index in [1.807, 2.05) is 0 Å². The van der Waals surface area contributed by atoms with Gasteiger partial charge in [-0.3, -0.25) is 0 Å². The SMILES string of the molecule is CCC([NH-])=O.C[Si]C.[Cl-].[Cl-].[Ti+4].c1ccc2[cH-]ccc2c1. The van der Waals surface area contributed by atoms with E-state index in [0.717, 1.165) is 9.52 Å². The molecular weight excluding hydrogens is 345 g/mol. The summed E-state index contributed by atoms with van der Waals surface area (Å²) in [5.74, 6) is -0.495. The summed E-state index contributed by atoms with van der Waals surface area (Å²) in [6.45, 7) is 5.97. The van der Waals surface area contributed by atoms with Crippen LogP contribution in [0.5, 0.6) is 0 Å². The zero-order valence-electron chi connectivity index (χ0n) is 11.9. The van der Waals surface area contributed by atoms with Crippen molar-refractivity contribution in [2.45, 2.75) is 26.4 Å². The Kier molecular flexibility index (Phi) is 26.4. The first-order valence-electron chi connectivity index (χ1n) is 5.59. The molecule has 2 nitrogen and oxygen atoms in total. The number of carbonyl (C=O) groups excluding carboxylic acids is 1. The van der Waals surface area contributed by atoms with Crippen molar-refractivity contribution < 1.29 is 51.3 Å². The third kappa shape index (κ3) is 14.2. The minimum atomic E-state index is -0.495. The van der Waals surface area contributed by atoms with E-state index in [2.05, 4.69) is 55.6 Å². The molecule has 0 spiro atoms. The number of nitrogens with one attached hydrogen (secondary N) is 1. The van der Waals surface area contributed by atoms with E-state index < -0.39 is 5.91 Å². The second-order valence-corrected chi connectivity index (χ2v) is 4.43. The third-order valence-electron chi connectivity index (χ3n) is 1.87. The molecule has 2 radical (unpaired) electrons. The fraction of sp³-hybridized carbons (Fsp3) is 0.286. The van der Waals surface area contributed by atoms with Gasteiger partial charge in [0.2, 0.25) is 0 Å². The molecule has 0 aliphatic heterocycles. The molecule has 2 aromatic rings. The Hall–Kier alpha value is -0.189. The van der Waals surface area contributed by atoms with E-state index in [0.29, 0.717) is 6.42 Å². The van der Waals surface area contributed by atoms with Gasteiger partial charge in [0, 0.05) is 15.4 Å². The second-order valence-electron chi connectivity index (χ2n) is 3.43. The van der Waals surface area contributed by atoms with Gasteiger partial charge in [0.25, 0.3) is 0 Å².